The zero-order valence-electron chi connectivity index (χ0n) is 15.3. The lowest BCUT2D eigenvalue weighted by Gasteiger charge is -2.10. The number of ether oxygens (including phenoxy) is 2. The van der Waals surface area contributed by atoms with Gasteiger partial charge in [-0.2, -0.15) is 0 Å². The van der Waals surface area contributed by atoms with Crippen LogP contribution in [0.4, 0.5) is 0 Å². The number of benzene rings is 2. The van der Waals surface area contributed by atoms with E-state index < -0.39 is 11.8 Å². The number of aryl methyl sites for hydroxylation is 2. The van der Waals surface area contributed by atoms with Crippen molar-refractivity contribution in [3.8, 4) is 11.5 Å². The van der Waals surface area contributed by atoms with Crippen molar-refractivity contribution in [3.63, 3.8) is 0 Å². The average molecular weight is 389 g/mol. The third-order valence-electron chi connectivity index (χ3n) is 3.66. The Labute approximate surface area is 163 Å². The molecule has 7 heteroatoms. The molecule has 0 aromatic heterocycles. The number of amides is 2. The topological polar surface area (TPSA) is 76.7 Å². The molecule has 27 heavy (non-hydrogen) atoms. The molecule has 0 unspecified atom stereocenters. The number of hydrogen-bond acceptors (Lipinski definition) is 4. The Kier molecular flexibility index (Phi) is 7.25. The van der Waals surface area contributed by atoms with Gasteiger partial charge in [-0.05, 0) is 49.2 Å². The van der Waals surface area contributed by atoms with E-state index in [2.05, 4.69) is 10.9 Å². The first-order chi connectivity index (χ1) is 12.9. The Morgan fingerprint density at radius 3 is 2.44 bits per heavy atom. The quantitative estimate of drug-likeness (QED) is 0.588. The summed E-state index contributed by atoms with van der Waals surface area (Å²) in [5.41, 5.74) is 7.05. The first kappa shape index (κ1) is 20.3. The maximum absolute atomic E-state index is 11.8. The summed E-state index contributed by atoms with van der Waals surface area (Å²) in [4.78, 5) is 23.6. The van der Waals surface area contributed by atoms with E-state index in [0.29, 0.717) is 16.5 Å². The molecule has 2 aromatic rings. The number of carbonyl (C=O) groups excluding carboxylic acids is 2. The predicted octanol–water partition coefficient (Wildman–Crippen LogP) is 3.21. The molecule has 142 valence electrons. The molecule has 0 bridgehead atoms. The van der Waals surface area contributed by atoms with Crippen LogP contribution in [-0.2, 0) is 9.59 Å². The second-order valence-corrected chi connectivity index (χ2v) is 6.15. The van der Waals surface area contributed by atoms with Gasteiger partial charge in [0.05, 0.1) is 7.11 Å². The molecule has 2 rings (SSSR count). The summed E-state index contributed by atoms with van der Waals surface area (Å²) >= 11 is 6.09. The molecule has 0 heterocycles. The van der Waals surface area contributed by atoms with E-state index in [1.165, 1.54) is 6.08 Å². The van der Waals surface area contributed by atoms with Crippen molar-refractivity contribution in [1.29, 1.82) is 0 Å². The van der Waals surface area contributed by atoms with E-state index in [4.69, 9.17) is 21.1 Å². The summed E-state index contributed by atoms with van der Waals surface area (Å²) in [6.45, 7) is 3.48. The third kappa shape index (κ3) is 6.04. The fraction of sp³-hybridized carbons (Fsp3) is 0.200. The highest BCUT2D eigenvalue weighted by molar-refractivity contribution is 6.32. The summed E-state index contributed by atoms with van der Waals surface area (Å²) in [7, 11) is 1.55. The molecule has 0 aliphatic heterocycles. The number of hydrazine groups is 1. The van der Waals surface area contributed by atoms with E-state index in [-0.39, 0.29) is 6.61 Å². The van der Waals surface area contributed by atoms with Crippen LogP contribution in [0.1, 0.15) is 16.7 Å². The van der Waals surface area contributed by atoms with Gasteiger partial charge in [0.2, 0.25) is 0 Å². The van der Waals surface area contributed by atoms with Gasteiger partial charge in [0.25, 0.3) is 11.8 Å². The highest BCUT2D eigenvalue weighted by Crippen LogP contribution is 2.25. The first-order valence-corrected chi connectivity index (χ1v) is 8.58. The standard InChI is InChI=1S/C20H21ClN2O4/c1-13-10-16(11-14(2)20(13)21)27-12-19(25)23-22-18(24)9-8-15-6-4-5-7-17(15)26-3/h4-11H,12H2,1-3H3,(H,22,24)(H,23,25)/b9-8+. The van der Waals surface area contributed by atoms with Gasteiger partial charge in [-0.25, -0.2) is 0 Å². The van der Waals surface area contributed by atoms with E-state index >= 15 is 0 Å². The molecular weight excluding hydrogens is 368 g/mol. The van der Waals surface area contributed by atoms with E-state index in [1.807, 2.05) is 32.0 Å². The summed E-state index contributed by atoms with van der Waals surface area (Å²) in [6.07, 6.45) is 2.89. The monoisotopic (exact) mass is 388 g/mol. The Bertz CT molecular complexity index is 842. The van der Waals surface area contributed by atoms with Gasteiger partial charge in [-0.15, -0.1) is 0 Å². The maximum Gasteiger partial charge on any atom is 0.276 e. The SMILES string of the molecule is COc1ccccc1/C=C/C(=O)NNC(=O)COc1cc(C)c(Cl)c(C)c1. The predicted molar refractivity (Wildman–Crippen MR) is 105 cm³/mol. The van der Waals surface area contributed by atoms with Gasteiger partial charge in [0.15, 0.2) is 6.61 Å². The molecule has 0 saturated carbocycles. The van der Waals surface area contributed by atoms with E-state index in [1.54, 1.807) is 31.4 Å². The Morgan fingerprint density at radius 2 is 1.78 bits per heavy atom. The second kappa shape index (κ2) is 9.64. The maximum atomic E-state index is 11.8. The van der Waals surface area contributed by atoms with Crippen molar-refractivity contribution < 1.29 is 19.1 Å². The normalized spacial score (nSPS) is 10.5. The average Bonchev–Trinajstić information content (AvgIpc) is 2.67. The fourth-order valence-corrected chi connectivity index (χ4v) is 2.43. The van der Waals surface area contributed by atoms with Crippen molar-refractivity contribution in [2.45, 2.75) is 13.8 Å². The molecule has 0 atom stereocenters. The van der Waals surface area contributed by atoms with Crippen LogP contribution in [0.15, 0.2) is 42.5 Å². The minimum atomic E-state index is -0.487. The van der Waals surface area contributed by atoms with Crippen molar-refractivity contribution in [2.24, 2.45) is 0 Å². The van der Waals surface area contributed by atoms with Crippen molar-refractivity contribution in [2.75, 3.05) is 13.7 Å². The molecule has 0 fully saturated rings. The number of para-hydroxylation sites is 1. The molecule has 6 nitrogen and oxygen atoms in total. The van der Waals surface area contributed by atoms with Crippen LogP contribution in [0.25, 0.3) is 6.08 Å². The Hall–Kier alpha value is -2.99. The third-order valence-corrected chi connectivity index (χ3v) is 4.25. The minimum Gasteiger partial charge on any atom is -0.496 e. The number of halogens is 1. The summed E-state index contributed by atoms with van der Waals surface area (Å²) < 4.78 is 10.6. The van der Waals surface area contributed by atoms with Gasteiger partial charge >= 0.3 is 0 Å². The lowest BCUT2D eigenvalue weighted by molar-refractivity contribution is -0.128. The molecule has 2 aromatic carbocycles. The number of rotatable bonds is 6. The molecule has 0 saturated heterocycles. The summed E-state index contributed by atoms with van der Waals surface area (Å²) in [6, 6.07) is 10.8. The van der Waals surface area contributed by atoms with Crippen molar-refractivity contribution >= 4 is 29.5 Å². The number of hydrogen-bond donors (Lipinski definition) is 2. The van der Waals surface area contributed by atoms with Crippen LogP contribution in [-0.4, -0.2) is 25.5 Å². The number of carbonyl (C=O) groups is 2. The molecular formula is C20H21ClN2O4. The molecule has 0 radical (unpaired) electrons. The largest absolute Gasteiger partial charge is 0.496 e. The molecule has 0 aliphatic carbocycles. The van der Waals surface area contributed by atoms with Gasteiger partial charge in [-0.1, -0.05) is 29.8 Å². The first-order valence-electron chi connectivity index (χ1n) is 8.20. The van der Waals surface area contributed by atoms with E-state index in [0.717, 1.165) is 16.7 Å². The fourth-order valence-electron chi connectivity index (χ4n) is 2.32. The van der Waals surface area contributed by atoms with Crippen molar-refractivity contribution in [1.82, 2.24) is 10.9 Å². The van der Waals surface area contributed by atoms with Gasteiger partial charge in [-0.3, -0.25) is 20.4 Å². The molecule has 2 N–H and O–H groups in total. The van der Waals surface area contributed by atoms with Crippen molar-refractivity contribution in [3.05, 3.63) is 64.2 Å². The zero-order chi connectivity index (χ0) is 19.8. The molecule has 0 spiro atoms. The van der Waals surface area contributed by atoms with Crippen LogP contribution in [0.5, 0.6) is 11.5 Å². The zero-order valence-corrected chi connectivity index (χ0v) is 16.1. The lowest BCUT2D eigenvalue weighted by atomic mass is 10.1. The Morgan fingerprint density at radius 1 is 1.11 bits per heavy atom. The van der Waals surface area contributed by atoms with Crippen LogP contribution in [0.2, 0.25) is 5.02 Å². The smallest absolute Gasteiger partial charge is 0.276 e. The van der Waals surface area contributed by atoms with E-state index in [9.17, 15) is 9.59 Å². The lowest BCUT2D eigenvalue weighted by Crippen LogP contribution is -2.43. The highest BCUT2D eigenvalue weighted by Gasteiger charge is 2.07. The van der Waals surface area contributed by atoms with Gasteiger partial charge in [0, 0.05) is 16.7 Å². The van der Waals surface area contributed by atoms with Crippen LogP contribution in [0.3, 0.4) is 0 Å². The number of nitrogens with one attached hydrogen (secondary N) is 2. The van der Waals surface area contributed by atoms with Gasteiger partial charge < -0.3 is 9.47 Å². The number of methoxy groups -OCH3 is 1. The Balaban J connectivity index is 1.81. The van der Waals surface area contributed by atoms with Crippen LogP contribution in [0, 0.1) is 13.8 Å². The van der Waals surface area contributed by atoms with Crippen LogP contribution >= 0.6 is 11.6 Å². The minimum absolute atomic E-state index is 0.239. The van der Waals surface area contributed by atoms with Gasteiger partial charge in [0.1, 0.15) is 11.5 Å². The molecule has 2 amide bonds. The summed E-state index contributed by atoms with van der Waals surface area (Å²) in [5.74, 6) is 0.214. The molecule has 0 aliphatic rings. The highest BCUT2D eigenvalue weighted by atomic mass is 35.5. The van der Waals surface area contributed by atoms with Crippen LogP contribution < -0.4 is 20.3 Å². The second-order valence-electron chi connectivity index (χ2n) is 5.77. The summed E-state index contributed by atoms with van der Waals surface area (Å²) in [5, 5.41) is 0.667.